The van der Waals surface area contributed by atoms with Crippen molar-refractivity contribution in [3.63, 3.8) is 0 Å². The van der Waals surface area contributed by atoms with Crippen molar-refractivity contribution in [2.75, 3.05) is 54.6 Å². The number of alkyl halides is 3. The zero-order chi connectivity index (χ0) is 89.2. The van der Waals surface area contributed by atoms with Crippen LogP contribution in [0.4, 0.5) is 49.9 Å². The molecule has 0 saturated carbocycles. The van der Waals surface area contributed by atoms with Gasteiger partial charge in [0.05, 0.1) is 77.4 Å². The van der Waals surface area contributed by atoms with E-state index < -0.39 is 116 Å². The quantitative estimate of drug-likeness (QED) is 0.0291. The first-order chi connectivity index (χ1) is 59.6. The van der Waals surface area contributed by atoms with Gasteiger partial charge in [-0.25, -0.2) is 41.7 Å². The Morgan fingerprint density at radius 1 is 0.416 bits per heavy atom. The van der Waals surface area contributed by atoms with Gasteiger partial charge in [-0.2, -0.15) is 18.4 Å². The number of nitriles is 1. The number of hydrogen-bond donors (Lipinski definition) is 8. The summed E-state index contributed by atoms with van der Waals surface area (Å²) in [5.41, 5.74) is -2.23. The second kappa shape index (κ2) is 33.8. The number of ether oxygens (including phenoxy) is 4. The molecule has 0 unspecified atom stereocenters. The number of aromatic nitrogens is 2. The number of nitrogens with zero attached hydrogens (tertiary/aromatic N) is 7. The molecular formula is C87H62F7N15O16. The van der Waals surface area contributed by atoms with E-state index in [1.54, 1.807) is 102 Å². The number of hydrogen-bond acceptors (Lipinski definition) is 18. The summed E-state index contributed by atoms with van der Waals surface area (Å²) < 4.78 is 116. The topological polar surface area (TPSA) is 392 Å². The predicted octanol–water partition coefficient (Wildman–Crippen LogP) is 6.22. The first-order valence-electron chi connectivity index (χ1n) is 37.1. The molecule has 8 N–H and O–H groups in total. The van der Waals surface area contributed by atoms with Gasteiger partial charge in [-0.15, -0.1) is 0 Å². The molecule has 125 heavy (non-hydrogen) atoms. The van der Waals surface area contributed by atoms with Gasteiger partial charge in [-0.3, -0.25) is 59.6 Å². The predicted molar refractivity (Wildman–Crippen MR) is 420 cm³/mol. The number of amides is 16. The van der Waals surface area contributed by atoms with Gasteiger partial charge in [0, 0.05) is 89.8 Å². The van der Waals surface area contributed by atoms with Crippen molar-refractivity contribution in [2.24, 2.45) is 0 Å². The first-order valence-corrected chi connectivity index (χ1v) is 37.1. The van der Waals surface area contributed by atoms with E-state index in [4.69, 9.17) is 24.2 Å². The fourth-order valence-corrected chi connectivity index (χ4v) is 14.3. The molecule has 8 aliphatic heterocycles. The monoisotopic (exact) mass is 1710 g/mol. The molecule has 0 bridgehead atoms. The number of imide groups is 4. The average molecular weight is 1710 g/mol. The van der Waals surface area contributed by atoms with Gasteiger partial charge in [-0.05, 0) is 125 Å². The number of methoxy groups -OCH3 is 4. The SMILES string of the molecule is COc1ccc2c(c1)C(=O)N(C[C@@]1(C#Cc3cc(F)cc(C#N)c3)NC(=O)NC1=O)C2.COc1ccc2c(c1)C(=O)N(C[C@@]1(C#Cc3cc(F)cc(F)c3F)NC(=O)NC1=O)C2.COc1ccc2c(c1)C(=O)N(C[C@@]1(C#Cc3ccc4nccn4c3)NC(=O)NC1=O)C2.COc1ccc2c(c1)C(=O)N(C[C@@]1(C#Cc3cccc(C(F)(F)F)c3)NC(=O)NC1=O)C2. The van der Waals surface area contributed by atoms with Crippen LogP contribution in [0.3, 0.4) is 0 Å². The molecule has 9 aromatic rings. The Labute approximate surface area is 702 Å². The van der Waals surface area contributed by atoms with Gasteiger partial charge in [0.15, 0.2) is 11.6 Å². The number of urea groups is 4. The number of nitrogens with one attached hydrogen (secondary N) is 8. The van der Waals surface area contributed by atoms with Gasteiger partial charge in [0.1, 0.15) is 40.3 Å². The second-order valence-corrected chi connectivity index (χ2v) is 28.8. The van der Waals surface area contributed by atoms with Gasteiger partial charge in [0.25, 0.3) is 47.3 Å². The summed E-state index contributed by atoms with van der Waals surface area (Å²) in [5, 5.41) is 27.3. The van der Waals surface area contributed by atoms with Crippen LogP contribution in [0.2, 0.25) is 0 Å². The van der Waals surface area contributed by atoms with Crippen LogP contribution in [-0.2, 0) is 51.5 Å². The highest BCUT2D eigenvalue weighted by Crippen LogP contribution is 2.35. The lowest BCUT2D eigenvalue weighted by Gasteiger charge is -2.26. The molecule has 4 fully saturated rings. The fraction of sp³-hybridized carbons (Fsp3) is 0.195. The average Bonchev–Trinajstić information content (AvgIpc) is 1.63. The van der Waals surface area contributed by atoms with Crippen LogP contribution in [-0.4, -0.2) is 177 Å². The van der Waals surface area contributed by atoms with Crippen molar-refractivity contribution in [3.05, 3.63) is 259 Å². The molecule has 0 spiro atoms. The maximum atomic E-state index is 14.0. The zero-order valence-corrected chi connectivity index (χ0v) is 65.5. The molecule has 8 aliphatic rings. The molecule has 38 heteroatoms. The highest BCUT2D eigenvalue weighted by Gasteiger charge is 2.53. The molecule has 10 heterocycles. The lowest BCUT2D eigenvalue weighted by Crippen LogP contribution is -2.54. The maximum absolute atomic E-state index is 14.0. The summed E-state index contributed by atoms with van der Waals surface area (Å²) in [7, 11) is 5.95. The van der Waals surface area contributed by atoms with E-state index in [0.29, 0.717) is 80.6 Å². The molecule has 630 valence electrons. The van der Waals surface area contributed by atoms with Gasteiger partial charge in [0.2, 0.25) is 22.2 Å². The number of fused-ring (bicyclic) bond motifs is 5. The minimum Gasteiger partial charge on any atom is -0.497 e. The smallest absolute Gasteiger partial charge is 0.416 e. The van der Waals surface area contributed by atoms with Crippen LogP contribution in [0.5, 0.6) is 23.0 Å². The van der Waals surface area contributed by atoms with E-state index in [2.05, 4.69) is 89.6 Å². The third-order valence-electron chi connectivity index (χ3n) is 20.5. The summed E-state index contributed by atoms with van der Waals surface area (Å²) in [6.07, 6.45) is 0.684. The molecule has 17 rings (SSSR count). The number of imidazole rings is 1. The summed E-state index contributed by atoms with van der Waals surface area (Å²) in [6, 6.07) is 31.5. The number of pyridine rings is 1. The summed E-state index contributed by atoms with van der Waals surface area (Å²) in [5.74, 6) is 14.1. The van der Waals surface area contributed by atoms with Crippen LogP contribution in [0, 0.1) is 82.0 Å². The lowest BCUT2D eigenvalue weighted by molar-refractivity contribution is -0.137. The van der Waals surface area contributed by atoms with Crippen LogP contribution < -0.4 is 61.5 Å². The number of benzene rings is 7. The molecule has 0 radical (unpaired) electrons. The van der Waals surface area contributed by atoms with Crippen LogP contribution >= 0.6 is 0 Å². The van der Waals surface area contributed by atoms with Crippen LogP contribution in [0.25, 0.3) is 5.65 Å². The lowest BCUT2D eigenvalue weighted by atomic mass is 9.98. The Morgan fingerprint density at radius 3 is 1.15 bits per heavy atom. The standard InChI is InChI=1S/C22H16F3N3O4.C22H15FN4O4.C22H17N5O4.C21H14F3N3O4/c1-32-16-6-5-14-11-28(18(29)17(14)10-16)12-21(19(30)26-20(31)27-21)8-7-13-3-2-4-15(9-13)22(23,24)25;1-31-17-3-2-15-11-27(19(28)18(15)9-17)12-22(20(29)25-21(30)26-22)5-4-13-6-14(10-24)8-16(23)7-13;1-31-16-4-3-15-12-27(19(28)17(15)10-16)13-22(20(29)24-21(30)25-22)7-6-14-2-5-18-23-8-9-26(18)11-14;1-31-14-3-2-12-9-27(18(28)15(12)8-14)10-21(19(29)25-20(30)26-21)5-4-11-6-13(22)7-16(23)17(11)24/h2-6,9-10H,11-12H2,1H3,(H2,26,27,30,31);2-3,6-9H,11-12H2,1H3,(H2,25,26,29,30);2-5,8-11H,12-13H2,1H3,(H2,24,25,29,30);2-3,6-8H,9-10H2,1H3,(H2,25,26,29,30)/t21-;2*22-;21-/m1111/s1. The second-order valence-electron chi connectivity index (χ2n) is 28.8. The van der Waals surface area contributed by atoms with Crippen molar-refractivity contribution in [1.29, 1.82) is 5.26 Å². The Kier molecular flexibility index (Phi) is 22.9. The van der Waals surface area contributed by atoms with E-state index in [1.807, 2.05) is 17.5 Å². The van der Waals surface area contributed by atoms with Crippen molar-refractivity contribution in [1.82, 2.24) is 71.5 Å². The van der Waals surface area contributed by atoms with E-state index in [1.165, 1.54) is 66.2 Å². The summed E-state index contributed by atoms with van der Waals surface area (Å²) in [4.78, 5) is 159. The van der Waals surface area contributed by atoms with Crippen LogP contribution in [0.1, 0.15) is 97.1 Å². The molecule has 0 aliphatic carbocycles. The highest BCUT2D eigenvalue weighted by atomic mass is 19.4. The largest absolute Gasteiger partial charge is 0.497 e. The summed E-state index contributed by atoms with van der Waals surface area (Å²) >= 11 is 0. The molecular weight excluding hydrogens is 1640 g/mol. The number of carbonyl (C=O) groups excluding carboxylic acids is 12. The normalized spacial score (nSPS) is 19.5. The minimum absolute atomic E-state index is 0.00826. The van der Waals surface area contributed by atoms with E-state index >= 15 is 0 Å². The highest BCUT2D eigenvalue weighted by molar-refractivity contribution is 6.13. The van der Waals surface area contributed by atoms with Crippen LogP contribution in [0.15, 0.2) is 158 Å². The first kappa shape index (κ1) is 84.8. The molecule has 31 nitrogen and oxygen atoms in total. The molecule has 4 atom stereocenters. The molecule has 7 aromatic carbocycles. The van der Waals surface area contributed by atoms with Crippen molar-refractivity contribution in [3.8, 4) is 76.4 Å². The van der Waals surface area contributed by atoms with Crippen molar-refractivity contribution < 1.29 is 107 Å². The third kappa shape index (κ3) is 17.6. The van der Waals surface area contributed by atoms with Gasteiger partial charge < -0.3 is 64.2 Å². The van der Waals surface area contributed by atoms with E-state index in [9.17, 15) is 88.3 Å². The van der Waals surface area contributed by atoms with Crippen molar-refractivity contribution in [2.45, 2.75) is 54.5 Å². The summed E-state index contributed by atoms with van der Waals surface area (Å²) in [6.45, 7) is -0.106. The Hall–Kier alpha value is -16.7. The fourth-order valence-electron chi connectivity index (χ4n) is 14.3. The molecule has 4 saturated heterocycles. The number of halogens is 7. The van der Waals surface area contributed by atoms with Gasteiger partial charge in [-0.1, -0.05) is 77.7 Å². The zero-order valence-electron chi connectivity index (χ0n) is 65.5. The van der Waals surface area contributed by atoms with E-state index in [-0.39, 0.29) is 80.2 Å². The molecule has 16 amide bonds. The Bertz CT molecular complexity index is 6510. The number of carbonyl (C=O) groups is 12. The minimum atomic E-state index is -4.55. The molecule has 2 aromatic heterocycles. The Morgan fingerprint density at radius 2 is 0.784 bits per heavy atom. The maximum Gasteiger partial charge on any atom is 0.416 e. The van der Waals surface area contributed by atoms with Gasteiger partial charge >= 0.3 is 30.3 Å². The number of rotatable bonds is 12. The van der Waals surface area contributed by atoms with E-state index in [0.717, 1.165) is 41.0 Å². The third-order valence-corrected chi connectivity index (χ3v) is 20.5. The Balaban J connectivity index is 0.000000135. The van der Waals surface area contributed by atoms with Crippen molar-refractivity contribution >= 4 is 77.0 Å².